The Labute approximate surface area is 172 Å². The lowest BCUT2D eigenvalue weighted by molar-refractivity contribution is -0.0457. The van der Waals surface area contributed by atoms with Crippen LogP contribution in [-0.4, -0.2) is 85.7 Å². The maximum absolute atomic E-state index is 12.9. The molecule has 0 aromatic heterocycles. The van der Waals surface area contributed by atoms with Crippen LogP contribution in [0.3, 0.4) is 0 Å². The number of ether oxygens (including phenoxy) is 1. The van der Waals surface area contributed by atoms with Crippen molar-refractivity contribution in [1.82, 2.24) is 13.5 Å². The van der Waals surface area contributed by atoms with Crippen LogP contribution >= 0.6 is 23.4 Å². The van der Waals surface area contributed by atoms with Gasteiger partial charge in [0.2, 0.25) is 0 Å². The first kappa shape index (κ1) is 21.4. The highest BCUT2D eigenvalue weighted by Gasteiger charge is 2.36. The van der Waals surface area contributed by atoms with E-state index in [2.05, 4.69) is 4.90 Å². The van der Waals surface area contributed by atoms with Crippen molar-refractivity contribution in [2.75, 3.05) is 51.6 Å². The predicted molar refractivity (Wildman–Crippen MR) is 111 cm³/mol. The molecule has 6 nitrogen and oxygen atoms in total. The molecular weight excluding hydrogens is 406 g/mol. The molecule has 2 fully saturated rings. The summed E-state index contributed by atoms with van der Waals surface area (Å²) < 4.78 is 34.7. The van der Waals surface area contributed by atoms with E-state index in [4.69, 9.17) is 16.3 Å². The Morgan fingerprint density at radius 3 is 2.22 bits per heavy atom. The molecule has 27 heavy (non-hydrogen) atoms. The molecule has 0 amide bonds. The molecule has 2 unspecified atom stereocenters. The van der Waals surface area contributed by atoms with Crippen molar-refractivity contribution in [2.45, 2.75) is 31.0 Å². The molecule has 2 heterocycles. The molecule has 1 aromatic carbocycles. The summed E-state index contributed by atoms with van der Waals surface area (Å²) in [5.41, 5.74) is 0. The topological polar surface area (TPSA) is 53.1 Å². The highest BCUT2D eigenvalue weighted by Crippen LogP contribution is 2.21. The smallest absolute Gasteiger partial charge is 0.282 e. The molecule has 152 valence electrons. The second-order valence-corrected chi connectivity index (χ2v) is 10.7. The molecular formula is C18H28ClN3O3S2. The van der Waals surface area contributed by atoms with Gasteiger partial charge in [0.15, 0.2) is 0 Å². The van der Waals surface area contributed by atoms with Crippen molar-refractivity contribution in [3.05, 3.63) is 29.3 Å². The number of hydrogen-bond acceptors (Lipinski definition) is 5. The Morgan fingerprint density at radius 2 is 1.63 bits per heavy atom. The standard InChI is InChI=1S/C18H28ClN3O3S2/c1-15-13-22(14-16(2)25-15)27(23,24)21-9-7-20(8-10-21)11-12-26-18-5-3-17(19)4-6-18/h3-6,15-16H,7-14H2,1-2H3. The fourth-order valence-electron chi connectivity index (χ4n) is 3.49. The van der Waals surface area contributed by atoms with Crippen LogP contribution in [0, 0.1) is 0 Å². The first-order chi connectivity index (χ1) is 12.8. The third kappa shape index (κ3) is 5.82. The predicted octanol–water partition coefficient (Wildman–Crippen LogP) is 2.40. The van der Waals surface area contributed by atoms with Crippen molar-refractivity contribution in [3.8, 4) is 0 Å². The maximum Gasteiger partial charge on any atom is 0.282 e. The highest BCUT2D eigenvalue weighted by atomic mass is 35.5. The molecule has 0 aliphatic carbocycles. The van der Waals surface area contributed by atoms with E-state index < -0.39 is 10.2 Å². The van der Waals surface area contributed by atoms with Crippen LogP contribution in [0.5, 0.6) is 0 Å². The lowest BCUT2D eigenvalue weighted by Gasteiger charge is -2.40. The van der Waals surface area contributed by atoms with Gasteiger partial charge in [0.25, 0.3) is 10.2 Å². The number of thioether (sulfide) groups is 1. The molecule has 0 radical (unpaired) electrons. The van der Waals surface area contributed by atoms with E-state index in [-0.39, 0.29) is 12.2 Å². The lowest BCUT2D eigenvalue weighted by atomic mass is 10.3. The van der Waals surface area contributed by atoms with Crippen LogP contribution < -0.4 is 0 Å². The largest absolute Gasteiger partial charge is 0.373 e. The van der Waals surface area contributed by atoms with Crippen molar-refractivity contribution < 1.29 is 13.2 Å². The summed E-state index contributed by atoms with van der Waals surface area (Å²) >= 11 is 7.71. The average Bonchev–Trinajstić information content (AvgIpc) is 2.63. The minimum atomic E-state index is -3.40. The summed E-state index contributed by atoms with van der Waals surface area (Å²) in [5, 5.41) is 0.751. The van der Waals surface area contributed by atoms with Gasteiger partial charge in [-0.1, -0.05) is 11.6 Å². The lowest BCUT2D eigenvalue weighted by Crippen LogP contribution is -2.57. The summed E-state index contributed by atoms with van der Waals surface area (Å²) in [6, 6.07) is 7.87. The van der Waals surface area contributed by atoms with Crippen LogP contribution in [0.4, 0.5) is 0 Å². The molecule has 0 spiro atoms. The van der Waals surface area contributed by atoms with Gasteiger partial charge >= 0.3 is 0 Å². The van der Waals surface area contributed by atoms with Gasteiger partial charge in [-0.05, 0) is 38.1 Å². The Hall–Kier alpha value is -0.350. The molecule has 0 saturated carbocycles. The van der Waals surface area contributed by atoms with Gasteiger partial charge in [-0.3, -0.25) is 4.90 Å². The monoisotopic (exact) mass is 433 g/mol. The molecule has 0 bridgehead atoms. The number of halogens is 1. The third-order valence-corrected chi connectivity index (χ3v) is 8.07. The molecule has 2 aliphatic rings. The average molecular weight is 434 g/mol. The second-order valence-electron chi connectivity index (χ2n) is 7.13. The number of nitrogens with zero attached hydrogens (tertiary/aromatic N) is 3. The van der Waals surface area contributed by atoms with E-state index >= 15 is 0 Å². The van der Waals surface area contributed by atoms with Gasteiger partial charge in [-0.25, -0.2) is 0 Å². The first-order valence-corrected chi connectivity index (χ1v) is 12.1. The summed E-state index contributed by atoms with van der Waals surface area (Å²) in [6.07, 6.45) is -0.121. The normalized spacial score (nSPS) is 26.3. The van der Waals surface area contributed by atoms with Gasteiger partial charge in [0.05, 0.1) is 12.2 Å². The van der Waals surface area contributed by atoms with Crippen molar-refractivity contribution in [3.63, 3.8) is 0 Å². The first-order valence-electron chi connectivity index (χ1n) is 9.36. The third-order valence-electron chi connectivity index (χ3n) is 4.86. The zero-order valence-corrected chi connectivity index (χ0v) is 18.3. The van der Waals surface area contributed by atoms with Gasteiger partial charge in [0.1, 0.15) is 0 Å². The minimum absolute atomic E-state index is 0.0605. The number of benzene rings is 1. The number of morpholine rings is 1. The summed E-state index contributed by atoms with van der Waals surface area (Å²) in [6.45, 7) is 8.32. The quantitative estimate of drug-likeness (QED) is 0.645. The Kier molecular flexibility index (Phi) is 7.46. The van der Waals surface area contributed by atoms with E-state index in [1.54, 1.807) is 20.4 Å². The molecule has 1 aromatic rings. The summed E-state index contributed by atoms with van der Waals surface area (Å²) in [7, 11) is -3.40. The molecule has 2 atom stereocenters. The van der Waals surface area contributed by atoms with Gasteiger partial charge in [0, 0.05) is 61.5 Å². The van der Waals surface area contributed by atoms with E-state index in [1.165, 1.54) is 4.90 Å². The maximum atomic E-state index is 12.9. The van der Waals surface area contributed by atoms with Gasteiger partial charge in [-0.2, -0.15) is 17.0 Å². The van der Waals surface area contributed by atoms with Crippen LogP contribution in [-0.2, 0) is 14.9 Å². The van der Waals surface area contributed by atoms with E-state index in [9.17, 15) is 8.42 Å². The minimum Gasteiger partial charge on any atom is -0.373 e. The zero-order chi connectivity index (χ0) is 19.4. The summed E-state index contributed by atoms with van der Waals surface area (Å²) in [5.74, 6) is 0.979. The number of piperazine rings is 1. The fraction of sp³-hybridized carbons (Fsp3) is 0.667. The van der Waals surface area contributed by atoms with Crippen LogP contribution in [0.1, 0.15) is 13.8 Å². The summed E-state index contributed by atoms with van der Waals surface area (Å²) in [4.78, 5) is 3.54. The van der Waals surface area contributed by atoms with Crippen LogP contribution in [0.2, 0.25) is 5.02 Å². The molecule has 2 saturated heterocycles. The van der Waals surface area contributed by atoms with Gasteiger partial charge < -0.3 is 4.74 Å². The molecule has 3 rings (SSSR count). The van der Waals surface area contributed by atoms with E-state index in [0.717, 1.165) is 30.4 Å². The highest BCUT2D eigenvalue weighted by molar-refractivity contribution is 7.99. The molecule has 0 N–H and O–H groups in total. The van der Waals surface area contributed by atoms with Crippen molar-refractivity contribution in [1.29, 1.82) is 0 Å². The second kappa shape index (κ2) is 9.43. The Bertz CT molecular complexity index is 699. The van der Waals surface area contributed by atoms with E-state index in [0.29, 0.717) is 26.2 Å². The Morgan fingerprint density at radius 1 is 1.04 bits per heavy atom. The fourth-order valence-corrected chi connectivity index (χ4v) is 6.28. The SMILES string of the molecule is CC1CN(S(=O)(=O)N2CCN(CCSc3ccc(Cl)cc3)CC2)CC(C)O1. The van der Waals surface area contributed by atoms with Crippen LogP contribution in [0.15, 0.2) is 29.2 Å². The Balaban J connectivity index is 1.44. The molecule has 9 heteroatoms. The van der Waals surface area contributed by atoms with Gasteiger partial charge in [-0.15, -0.1) is 11.8 Å². The van der Waals surface area contributed by atoms with Crippen molar-refractivity contribution in [2.24, 2.45) is 0 Å². The van der Waals surface area contributed by atoms with Crippen molar-refractivity contribution >= 4 is 33.6 Å². The number of hydrogen-bond donors (Lipinski definition) is 0. The van der Waals surface area contributed by atoms with E-state index in [1.807, 2.05) is 38.1 Å². The molecule has 2 aliphatic heterocycles. The number of rotatable bonds is 6. The zero-order valence-electron chi connectivity index (χ0n) is 15.9. The van der Waals surface area contributed by atoms with Crippen LogP contribution in [0.25, 0.3) is 0 Å².